The van der Waals surface area contributed by atoms with Gasteiger partial charge in [-0.05, 0) is 12.1 Å². The third-order valence-corrected chi connectivity index (χ3v) is 2.89. The number of carbonyl (C=O) groups is 1. The Bertz CT molecular complexity index is 645. The van der Waals surface area contributed by atoms with Crippen LogP contribution in [0.4, 0.5) is 4.39 Å². The smallest absolute Gasteiger partial charge is 0.358 e. The molecule has 2 rings (SSSR count). The molecule has 2 aromatic rings. The minimum atomic E-state index is -1.21. The van der Waals surface area contributed by atoms with Crippen molar-refractivity contribution in [3.63, 3.8) is 0 Å². The molecule has 0 saturated carbocycles. The normalized spacial score (nSPS) is 10.8. The zero-order valence-corrected chi connectivity index (χ0v) is 11.3. The lowest BCUT2D eigenvalue weighted by Gasteiger charge is -2.07. The van der Waals surface area contributed by atoms with Gasteiger partial charge in [0.25, 0.3) is 0 Å². The van der Waals surface area contributed by atoms with Crippen molar-refractivity contribution < 1.29 is 19.0 Å². The van der Waals surface area contributed by atoms with E-state index in [2.05, 4.69) is 10.3 Å². The molecule has 0 radical (unpaired) electrons. The van der Waals surface area contributed by atoms with Crippen LogP contribution in [0.3, 0.4) is 0 Å². The Kier molecular flexibility index (Phi) is 4.31. The van der Waals surface area contributed by atoms with Crippen LogP contribution in [0.25, 0.3) is 0 Å². The first-order chi connectivity index (χ1) is 9.52. The minimum absolute atomic E-state index is 0.0177. The van der Waals surface area contributed by atoms with E-state index in [1.165, 1.54) is 23.9 Å². The number of benzene rings is 1. The third kappa shape index (κ3) is 2.94. The molecular formula is C12H11ClFN3O3. The van der Waals surface area contributed by atoms with Crippen LogP contribution in [0, 0.1) is 5.82 Å². The van der Waals surface area contributed by atoms with Crippen molar-refractivity contribution >= 4 is 17.6 Å². The van der Waals surface area contributed by atoms with Gasteiger partial charge < -0.3 is 9.84 Å². The molecular weight excluding hydrogens is 289 g/mol. The van der Waals surface area contributed by atoms with Gasteiger partial charge >= 0.3 is 5.97 Å². The average molecular weight is 300 g/mol. The first-order valence-electron chi connectivity index (χ1n) is 5.61. The molecule has 6 nitrogen and oxygen atoms in total. The number of aromatic carboxylic acids is 1. The number of carboxylic acids is 1. The second-order valence-electron chi connectivity index (χ2n) is 4.02. The standard InChI is InChI=1S/C12H11ClFN3O3/c1-20-6-10-11(12(18)19)15-16-17(10)5-7-2-3-8(13)4-9(7)14/h2-4H,5-6H2,1H3,(H,18,19). The highest BCUT2D eigenvalue weighted by atomic mass is 35.5. The van der Waals surface area contributed by atoms with Gasteiger partial charge in [0.2, 0.25) is 0 Å². The number of nitrogens with zero attached hydrogens (tertiary/aromatic N) is 3. The molecule has 0 unspecified atom stereocenters. The van der Waals surface area contributed by atoms with Crippen LogP contribution in [0.2, 0.25) is 5.02 Å². The second kappa shape index (κ2) is 5.98. The summed E-state index contributed by atoms with van der Waals surface area (Å²) in [5.74, 6) is -1.70. The number of hydrogen-bond acceptors (Lipinski definition) is 4. The monoisotopic (exact) mass is 299 g/mol. The molecule has 0 spiro atoms. The van der Waals surface area contributed by atoms with Gasteiger partial charge in [-0.1, -0.05) is 22.9 Å². The van der Waals surface area contributed by atoms with Crippen LogP contribution < -0.4 is 0 Å². The van der Waals surface area contributed by atoms with Crippen LogP contribution in [0.5, 0.6) is 0 Å². The van der Waals surface area contributed by atoms with Gasteiger partial charge in [0, 0.05) is 17.7 Å². The van der Waals surface area contributed by atoms with E-state index in [1.807, 2.05) is 0 Å². The van der Waals surface area contributed by atoms with E-state index in [9.17, 15) is 9.18 Å². The quantitative estimate of drug-likeness (QED) is 0.913. The summed E-state index contributed by atoms with van der Waals surface area (Å²) in [6.07, 6.45) is 0. The number of methoxy groups -OCH3 is 1. The molecule has 106 valence electrons. The predicted molar refractivity (Wildman–Crippen MR) is 68.2 cm³/mol. The molecule has 0 bridgehead atoms. The van der Waals surface area contributed by atoms with Crippen molar-refractivity contribution in [2.75, 3.05) is 7.11 Å². The fourth-order valence-electron chi connectivity index (χ4n) is 1.72. The molecule has 0 amide bonds. The lowest BCUT2D eigenvalue weighted by atomic mass is 10.2. The van der Waals surface area contributed by atoms with Gasteiger partial charge in [0.15, 0.2) is 5.69 Å². The fourth-order valence-corrected chi connectivity index (χ4v) is 1.88. The highest BCUT2D eigenvalue weighted by Gasteiger charge is 2.19. The molecule has 1 aromatic carbocycles. The Morgan fingerprint density at radius 1 is 1.55 bits per heavy atom. The number of hydrogen-bond donors (Lipinski definition) is 1. The Morgan fingerprint density at radius 2 is 2.30 bits per heavy atom. The number of rotatable bonds is 5. The molecule has 1 aromatic heterocycles. The van der Waals surface area contributed by atoms with Gasteiger partial charge in [0.1, 0.15) is 5.82 Å². The number of halogens is 2. The SMILES string of the molecule is COCc1c(C(=O)O)nnn1Cc1ccc(Cl)cc1F. The van der Waals surface area contributed by atoms with E-state index in [4.69, 9.17) is 21.4 Å². The molecule has 0 saturated heterocycles. The van der Waals surface area contributed by atoms with Gasteiger partial charge in [0.05, 0.1) is 18.8 Å². The van der Waals surface area contributed by atoms with E-state index in [0.29, 0.717) is 5.56 Å². The number of aromatic nitrogens is 3. The zero-order valence-electron chi connectivity index (χ0n) is 10.5. The van der Waals surface area contributed by atoms with Crippen molar-refractivity contribution in [2.24, 2.45) is 0 Å². The maximum Gasteiger partial charge on any atom is 0.358 e. The maximum atomic E-state index is 13.7. The predicted octanol–water partition coefficient (Wildman–Crippen LogP) is 1.96. The Balaban J connectivity index is 2.35. The minimum Gasteiger partial charge on any atom is -0.476 e. The van der Waals surface area contributed by atoms with Crippen molar-refractivity contribution in [3.8, 4) is 0 Å². The summed E-state index contributed by atoms with van der Waals surface area (Å²) >= 11 is 5.67. The van der Waals surface area contributed by atoms with E-state index >= 15 is 0 Å². The first-order valence-corrected chi connectivity index (χ1v) is 5.99. The summed E-state index contributed by atoms with van der Waals surface area (Å²) in [6.45, 7) is 0.0613. The maximum absolute atomic E-state index is 13.7. The summed E-state index contributed by atoms with van der Waals surface area (Å²) in [4.78, 5) is 11.0. The summed E-state index contributed by atoms with van der Waals surface area (Å²) in [5.41, 5.74) is 0.393. The third-order valence-electron chi connectivity index (χ3n) is 2.66. The molecule has 0 atom stereocenters. The van der Waals surface area contributed by atoms with Crippen LogP contribution in [-0.4, -0.2) is 33.2 Å². The van der Waals surface area contributed by atoms with Crippen LogP contribution in [0.1, 0.15) is 21.7 Å². The first kappa shape index (κ1) is 14.4. The van der Waals surface area contributed by atoms with Gasteiger partial charge in [-0.15, -0.1) is 5.10 Å². The molecule has 0 aliphatic carbocycles. The van der Waals surface area contributed by atoms with Crippen LogP contribution >= 0.6 is 11.6 Å². The fraction of sp³-hybridized carbons (Fsp3) is 0.250. The van der Waals surface area contributed by atoms with Crippen LogP contribution in [-0.2, 0) is 17.9 Å². The molecule has 0 aliphatic heterocycles. The Hall–Kier alpha value is -1.99. The average Bonchev–Trinajstić information content (AvgIpc) is 2.77. The zero-order chi connectivity index (χ0) is 14.7. The molecule has 8 heteroatoms. The van der Waals surface area contributed by atoms with Crippen molar-refractivity contribution in [1.29, 1.82) is 0 Å². The van der Waals surface area contributed by atoms with Crippen molar-refractivity contribution in [2.45, 2.75) is 13.2 Å². The molecule has 1 heterocycles. The van der Waals surface area contributed by atoms with Crippen LogP contribution in [0.15, 0.2) is 18.2 Å². The molecule has 0 aliphatic rings. The number of ether oxygens (including phenoxy) is 1. The van der Waals surface area contributed by atoms with E-state index in [1.54, 1.807) is 6.07 Å². The van der Waals surface area contributed by atoms with E-state index in [-0.39, 0.29) is 29.6 Å². The van der Waals surface area contributed by atoms with E-state index < -0.39 is 11.8 Å². The van der Waals surface area contributed by atoms with Gasteiger partial charge in [-0.2, -0.15) is 0 Å². The highest BCUT2D eigenvalue weighted by Crippen LogP contribution is 2.17. The Morgan fingerprint density at radius 3 is 2.90 bits per heavy atom. The highest BCUT2D eigenvalue weighted by molar-refractivity contribution is 6.30. The van der Waals surface area contributed by atoms with Gasteiger partial charge in [-0.25, -0.2) is 13.9 Å². The van der Waals surface area contributed by atoms with Crippen molar-refractivity contribution in [3.05, 3.63) is 46.0 Å². The summed E-state index contributed by atoms with van der Waals surface area (Å²) in [6, 6.07) is 4.24. The van der Waals surface area contributed by atoms with Crippen molar-refractivity contribution in [1.82, 2.24) is 15.0 Å². The second-order valence-corrected chi connectivity index (χ2v) is 4.45. The lowest BCUT2D eigenvalue weighted by Crippen LogP contribution is -2.11. The molecule has 1 N–H and O–H groups in total. The van der Waals surface area contributed by atoms with Gasteiger partial charge in [-0.3, -0.25) is 0 Å². The topological polar surface area (TPSA) is 77.2 Å². The van der Waals surface area contributed by atoms with E-state index in [0.717, 1.165) is 0 Å². The number of carboxylic acid groups (broad SMARTS) is 1. The summed E-state index contributed by atoms with van der Waals surface area (Å²) in [7, 11) is 1.42. The Labute approximate surface area is 118 Å². The lowest BCUT2D eigenvalue weighted by molar-refractivity contribution is 0.0684. The summed E-state index contributed by atoms with van der Waals surface area (Å²) < 4.78 is 19.9. The molecule has 20 heavy (non-hydrogen) atoms. The largest absolute Gasteiger partial charge is 0.476 e. The molecule has 0 fully saturated rings. The summed E-state index contributed by atoms with van der Waals surface area (Å²) in [5, 5.41) is 16.6.